The van der Waals surface area contributed by atoms with Gasteiger partial charge in [-0.2, -0.15) is 0 Å². The van der Waals surface area contributed by atoms with Crippen LogP contribution in [-0.4, -0.2) is 33.2 Å². The molecule has 0 atom stereocenters. The van der Waals surface area contributed by atoms with Gasteiger partial charge in [0.25, 0.3) is 5.69 Å². The molecule has 4 aromatic rings. The van der Waals surface area contributed by atoms with Gasteiger partial charge in [0.15, 0.2) is 5.16 Å². The monoisotopic (exact) mass is 526 g/mol. The summed E-state index contributed by atoms with van der Waals surface area (Å²) in [7, 11) is 1.57. The van der Waals surface area contributed by atoms with Crippen LogP contribution in [0.4, 0.5) is 11.4 Å². The molecule has 1 heterocycles. The van der Waals surface area contributed by atoms with Crippen molar-refractivity contribution in [3.8, 4) is 11.4 Å². The Balaban J connectivity index is 1.68. The zero-order chi connectivity index (χ0) is 23.5. The maximum Gasteiger partial charge on any atom is 0.271 e. The maximum atomic E-state index is 12.6. The first-order chi connectivity index (χ1) is 15.9. The summed E-state index contributed by atoms with van der Waals surface area (Å²) >= 11 is 4.70. The Hall–Kier alpha value is -3.37. The van der Waals surface area contributed by atoms with E-state index < -0.39 is 4.92 Å². The summed E-state index contributed by atoms with van der Waals surface area (Å²) in [6.07, 6.45) is 0. The number of para-hydroxylation sites is 2. The summed E-state index contributed by atoms with van der Waals surface area (Å²) in [6, 6.07) is 17.6. The van der Waals surface area contributed by atoms with Gasteiger partial charge in [-0.15, -0.1) is 0 Å². The first-order valence-corrected chi connectivity index (χ1v) is 11.6. The SMILES string of the molecule is COc1ccccc1-n1c(SCC(=O)Nc2ccc(C)cc2Br)nc2cc([N+](=O)[O-])ccc21. The number of ether oxygens (including phenoxy) is 1. The molecule has 1 N–H and O–H groups in total. The molecule has 0 saturated carbocycles. The number of hydrogen-bond acceptors (Lipinski definition) is 6. The Labute approximate surface area is 202 Å². The number of carbonyl (C=O) groups excluding carboxylic acids is 1. The van der Waals surface area contributed by atoms with Crippen LogP contribution in [0.2, 0.25) is 0 Å². The van der Waals surface area contributed by atoms with Gasteiger partial charge in [0, 0.05) is 16.6 Å². The zero-order valence-corrected chi connectivity index (χ0v) is 20.1. The van der Waals surface area contributed by atoms with E-state index in [-0.39, 0.29) is 17.3 Å². The van der Waals surface area contributed by atoms with Crippen LogP contribution >= 0.6 is 27.7 Å². The highest BCUT2D eigenvalue weighted by atomic mass is 79.9. The molecule has 1 amide bonds. The molecule has 0 radical (unpaired) electrons. The van der Waals surface area contributed by atoms with Crippen molar-refractivity contribution in [2.75, 3.05) is 18.2 Å². The molecular weight excluding hydrogens is 508 g/mol. The van der Waals surface area contributed by atoms with Crippen molar-refractivity contribution < 1.29 is 14.5 Å². The predicted octanol–water partition coefficient (Wildman–Crippen LogP) is 5.74. The number of nitrogens with zero attached hydrogens (tertiary/aromatic N) is 3. The Kier molecular flexibility index (Phi) is 6.66. The lowest BCUT2D eigenvalue weighted by Gasteiger charge is -2.13. The molecular formula is C23H19BrN4O4S. The van der Waals surface area contributed by atoms with E-state index in [1.54, 1.807) is 13.2 Å². The summed E-state index contributed by atoms with van der Waals surface area (Å²) < 4.78 is 8.16. The van der Waals surface area contributed by atoms with E-state index in [0.29, 0.717) is 27.6 Å². The van der Waals surface area contributed by atoms with E-state index in [4.69, 9.17) is 4.74 Å². The second-order valence-electron chi connectivity index (χ2n) is 7.15. The van der Waals surface area contributed by atoms with E-state index in [2.05, 4.69) is 26.2 Å². The number of halogens is 1. The fourth-order valence-corrected chi connectivity index (χ4v) is 4.76. The molecule has 0 spiro atoms. The molecule has 33 heavy (non-hydrogen) atoms. The molecule has 1 aromatic heterocycles. The minimum atomic E-state index is -0.457. The fourth-order valence-electron chi connectivity index (χ4n) is 3.34. The van der Waals surface area contributed by atoms with Gasteiger partial charge in [0.1, 0.15) is 5.75 Å². The number of anilines is 1. The van der Waals surface area contributed by atoms with Crippen LogP contribution < -0.4 is 10.1 Å². The number of benzene rings is 3. The summed E-state index contributed by atoms with van der Waals surface area (Å²) in [5, 5.41) is 14.6. The number of nitro benzene ring substituents is 1. The highest BCUT2D eigenvalue weighted by molar-refractivity contribution is 9.10. The third kappa shape index (κ3) is 4.86. The number of hydrogen-bond donors (Lipinski definition) is 1. The molecule has 0 aliphatic carbocycles. The highest BCUT2D eigenvalue weighted by Crippen LogP contribution is 2.34. The molecule has 0 fully saturated rings. The Morgan fingerprint density at radius 3 is 2.73 bits per heavy atom. The number of fused-ring (bicyclic) bond motifs is 1. The Morgan fingerprint density at radius 1 is 1.21 bits per heavy atom. The van der Waals surface area contributed by atoms with Crippen LogP contribution in [0, 0.1) is 17.0 Å². The number of nitrogens with one attached hydrogen (secondary N) is 1. The molecule has 0 saturated heterocycles. The zero-order valence-electron chi connectivity index (χ0n) is 17.7. The van der Waals surface area contributed by atoms with E-state index in [0.717, 1.165) is 15.7 Å². The highest BCUT2D eigenvalue weighted by Gasteiger charge is 2.19. The molecule has 3 aromatic carbocycles. The first-order valence-electron chi connectivity index (χ1n) is 9.86. The number of thioether (sulfide) groups is 1. The average molecular weight is 527 g/mol. The minimum Gasteiger partial charge on any atom is -0.495 e. The number of methoxy groups -OCH3 is 1. The van der Waals surface area contributed by atoms with Crippen molar-refractivity contribution in [1.82, 2.24) is 9.55 Å². The van der Waals surface area contributed by atoms with E-state index in [1.165, 1.54) is 23.9 Å². The number of nitro groups is 1. The minimum absolute atomic E-state index is 0.0503. The standard InChI is InChI=1S/C23H19BrN4O4S/c1-14-7-9-17(16(24)11-14)25-22(29)13-33-23-26-18-12-15(28(30)31)8-10-19(18)27(23)20-5-3-4-6-21(20)32-2/h3-12H,13H2,1-2H3,(H,25,29). The van der Waals surface area contributed by atoms with Crippen LogP contribution in [0.5, 0.6) is 5.75 Å². The summed E-state index contributed by atoms with van der Waals surface area (Å²) in [5.74, 6) is 0.514. The number of non-ortho nitro benzene ring substituents is 1. The molecule has 0 aliphatic rings. The Bertz CT molecular complexity index is 1370. The number of amides is 1. The van der Waals surface area contributed by atoms with E-state index in [9.17, 15) is 14.9 Å². The molecule has 8 nitrogen and oxygen atoms in total. The van der Waals surface area contributed by atoms with Crippen LogP contribution in [-0.2, 0) is 4.79 Å². The number of aryl methyl sites for hydroxylation is 1. The van der Waals surface area contributed by atoms with Gasteiger partial charge in [-0.05, 0) is 58.7 Å². The molecule has 4 rings (SSSR count). The molecule has 0 unspecified atom stereocenters. The lowest BCUT2D eigenvalue weighted by Crippen LogP contribution is -2.15. The Morgan fingerprint density at radius 2 is 2.00 bits per heavy atom. The van der Waals surface area contributed by atoms with Crippen LogP contribution in [0.1, 0.15) is 5.56 Å². The summed E-state index contributed by atoms with van der Waals surface area (Å²) in [6.45, 7) is 1.97. The van der Waals surface area contributed by atoms with Crippen molar-refractivity contribution in [1.29, 1.82) is 0 Å². The second kappa shape index (κ2) is 9.63. The van der Waals surface area contributed by atoms with Crippen molar-refractivity contribution in [3.63, 3.8) is 0 Å². The number of carbonyl (C=O) groups is 1. The van der Waals surface area contributed by atoms with Crippen molar-refractivity contribution >= 4 is 56.0 Å². The van der Waals surface area contributed by atoms with Crippen molar-refractivity contribution in [2.24, 2.45) is 0 Å². The quantitative estimate of drug-likeness (QED) is 0.187. The van der Waals surface area contributed by atoms with E-state index >= 15 is 0 Å². The van der Waals surface area contributed by atoms with Gasteiger partial charge < -0.3 is 10.1 Å². The van der Waals surface area contributed by atoms with Gasteiger partial charge in [-0.3, -0.25) is 19.5 Å². The fraction of sp³-hybridized carbons (Fsp3) is 0.130. The largest absolute Gasteiger partial charge is 0.495 e. The lowest BCUT2D eigenvalue weighted by molar-refractivity contribution is -0.384. The third-order valence-electron chi connectivity index (χ3n) is 4.88. The van der Waals surface area contributed by atoms with Gasteiger partial charge in [-0.25, -0.2) is 4.98 Å². The molecule has 10 heteroatoms. The number of aromatic nitrogens is 2. The topological polar surface area (TPSA) is 99.3 Å². The van der Waals surface area contributed by atoms with Gasteiger partial charge >= 0.3 is 0 Å². The lowest BCUT2D eigenvalue weighted by atomic mass is 10.2. The predicted molar refractivity (Wildman–Crippen MR) is 133 cm³/mol. The maximum absolute atomic E-state index is 12.6. The van der Waals surface area contributed by atoms with Crippen LogP contribution in [0.3, 0.4) is 0 Å². The number of imidazole rings is 1. The van der Waals surface area contributed by atoms with Gasteiger partial charge in [0.2, 0.25) is 5.91 Å². The third-order valence-corrected chi connectivity index (χ3v) is 6.47. The number of rotatable bonds is 7. The summed E-state index contributed by atoms with van der Waals surface area (Å²) in [4.78, 5) is 28.0. The normalized spacial score (nSPS) is 10.9. The molecule has 0 aliphatic heterocycles. The molecule has 168 valence electrons. The van der Waals surface area contributed by atoms with Gasteiger partial charge in [-0.1, -0.05) is 30.0 Å². The molecule has 0 bridgehead atoms. The smallest absolute Gasteiger partial charge is 0.271 e. The van der Waals surface area contributed by atoms with E-state index in [1.807, 2.05) is 54.0 Å². The van der Waals surface area contributed by atoms with Gasteiger partial charge in [0.05, 0.1) is 40.2 Å². The van der Waals surface area contributed by atoms with Crippen LogP contribution in [0.15, 0.2) is 70.3 Å². The first kappa shape index (κ1) is 22.8. The second-order valence-corrected chi connectivity index (χ2v) is 8.95. The van der Waals surface area contributed by atoms with Crippen molar-refractivity contribution in [2.45, 2.75) is 12.1 Å². The average Bonchev–Trinajstić information content (AvgIpc) is 3.16. The van der Waals surface area contributed by atoms with Crippen molar-refractivity contribution in [3.05, 3.63) is 80.8 Å². The summed E-state index contributed by atoms with van der Waals surface area (Å²) in [5.41, 5.74) is 3.56. The van der Waals surface area contributed by atoms with Crippen LogP contribution in [0.25, 0.3) is 16.7 Å².